The fraction of sp³-hybridized carbons (Fsp3) is 0.333. The maximum absolute atomic E-state index is 13.2. The van der Waals surface area contributed by atoms with Crippen molar-refractivity contribution in [3.8, 4) is 5.69 Å². The minimum absolute atomic E-state index is 0.241. The predicted octanol–water partition coefficient (Wildman–Crippen LogP) is 3.67. The van der Waals surface area contributed by atoms with E-state index in [1.807, 2.05) is 31.2 Å². The van der Waals surface area contributed by atoms with Gasteiger partial charge in [0.2, 0.25) is 0 Å². The molecule has 0 aliphatic carbocycles. The Morgan fingerprint density at radius 1 is 1.18 bits per heavy atom. The first-order valence-corrected chi connectivity index (χ1v) is 9.10. The number of ether oxygens (including phenoxy) is 1. The van der Waals surface area contributed by atoms with Gasteiger partial charge in [-0.3, -0.25) is 9.36 Å². The Labute approximate surface area is 163 Å². The Morgan fingerprint density at radius 2 is 1.86 bits per heavy atom. The van der Waals surface area contributed by atoms with Crippen LogP contribution in [0, 0.1) is 6.92 Å². The number of aryl methyl sites for hydroxylation is 1. The minimum atomic E-state index is -0.626. The van der Waals surface area contributed by atoms with Crippen molar-refractivity contribution in [1.82, 2.24) is 19.9 Å². The molecule has 0 spiro atoms. The number of carbonyl (C=O) groups is 1. The lowest BCUT2D eigenvalue weighted by molar-refractivity contribution is 0.0505. The lowest BCUT2D eigenvalue weighted by Crippen LogP contribution is -2.37. The molecule has 0 saturated heterocycles. The summed E-state index contributed by atoms with van der Waals surface area (Å²) >= 11 is 0. The molecule has 0 aliphatic rings. The van der Waals surface area contributed by atoms with Gasteiger partial charge in [0.05, 0.1) is 17.1 Å². The van der Waals surface area contributed by atoms with Gasteiger partial charge in [-0.25, -0.2) is 14.8 Å². The second kappa shape index (κ2) is 7.42. The fourth-order valence-electron chi connectivity index (χ4n) is 2.82. The number of nitrogens with zero attached hydrogens (tertiary/aromatic N) is 3. The van der Waals surface area contributed by atoms with Crippen LogP contribution in [0.3, 0.4) is 0 Å². The maximum Gasteiger partial charge on any atom is 0.408 e. The van der Waals surface area contributed by atoms with Crippen molar-refractivity contribution >= 4 is 17.1 Å². The van der Waals surface area contributed by atoms with E-state index in [0.717, 1.165) is 5.56 Å². The quantitative estimate of drug-likeness (QED) is 0.749. The van der Waals surface area contributed by atoms with E-state index in [1.54, 1.807) is 46.0 Å². The topological polar surface area (TPSA) is 86.1 Å². The standard InChI is InChI=1S/C21H24N4O3/c1-13-8-10-15(11-9-13)25-18(14(2)23-20(27)28-21(3,4)5)24-17-16(19(25)26)7-6-12-22-17/h6-12,14H,1-5H3,(H,23,27). The van der Waals surface area contributed by atoms with Crippen LogP contribution in [0.5, 0.6) is 0 Å². The molecular weight excluding hydrogens is 356 g/mol. The van der Waals surface area contributed by atoms with Gasteiger partial charge in [-0.15, -0.1) is 0 Å². The predicted molar refractivity (Wildman–Crippen MR) is 108 cm³/mol. The smallest absolute Gasteiger partial charge is 0.408 e. The Morgan fingerprint density at radius 3 is 2.50 bits per heavy atom. The van der Waals surface area contributed by atoms with Crippen molar-refractivity contribution in [2.24, 2.45) is 0 Å². The highest BCUT2D eigenvalue weighted by molar-refractivity contribution is 5.74. The van der Waals surface area contributed by atoms with Crippen LogP contribution in [0.15, 0.2) is 47.4 Å². The molecule has 0 bridgehead atoms. The molecular formula is C21H24N4O3. The minimum Gasteiger partial charge on any atom is -0.444 e. The van der Waals surface area contributed by atoms with E-state index in [-0.39, 0.29) is 5.56 Å². The number of carbonyl (C=O) groups excluding carboxylic acids is 1. The lowest BCUT2D eigenvalue weighted by Gasteiger charge is -2.23. The van der Waals surface area contributed by atoms with Crippen molar-refractivity contribution in [2.45, 2.75) is 46.3 Å². The molecule has 146 valence electrons. The van der Waals surface area contributed by atoms with Gasteiger partial charge < -0.3 is 10.1 Å². The van der Waals surface area contributed by atoms with Crippen LogP contribution in [0.1, 0.15) is 45.1 Å². The normalized spacial score (nSPS) is 12.6. The molecule has 28 heavy (non-hydrogen) atoms. The van der Waals surface area contributed by atoms with E-state index >= 15 is 0 Å². The third-order valence-corrected chi connectivity index (χ3v) is 4.08. The number of benzene rings is 1. The number of amides is 1. The van der Waals surface area contributed by atoms with Crippen LogP contribution in [0.2, 0.25) is 0 Å². The van der Waals surface area contributed by atoms with E-state index in [4.69, 9.17) is 4.74 Å². The van der Waals surface area contributed by atoms with Crippen LogP contribution < -0.4 is 10.9 Å². The third kappa shape index (κ3) is 4.19. The zero-order chi connectivity index (χ0) is 20.5. The van der Waals surface area contributed by atoms with Gasteiger partial charge in [0.25, 0.3) is 5.56 Å². The van der Waals surface area contributed by atoms with Gasteiger partial charge in [-0.2, -0.15) is 0 Å². The van der Waals surface area contributed by atoms with E-state index in [1.165, 1.54) is 4.57 Å². The van der Waals surface area contributed by atoms with Gasteiger partial charge in [-0.05, 0) is 58.9 Å². The second-order valence-corrected chi connectivity index (χ2v) is 7.69. The lowest BCUT2D eigenvalue weighted by atomic mass is 10.2. The molecule has 7 nitrogen and oxygen atoms in total. The molecule has 3 rings (SSSR count). The van der Waals surface area contributed by atoms with Gasteiger partial charge in [0.1, 0.15) is 11.4 Å². The van der Waals surface area contributed by atoms with Crippen molar-refractivity contribution in [3.05, 3.63) is 64.3 Å². The van der Waals surface area contributed by atoms with E-state index < -0.39 is 17.7 Å². The van der Waals surface area contributed by atoms with Crippen LogP contribution in [0.25, 0.3) is 16.7 Å². The van der Waals surface area contributed by atoms with Crippen LogP contribution in [-0.4, -0.2) is 26.2 Å². The Bertz CT molecular complexity index is 1070. The molecule has 3 aromatic rings. The number of hydrogen-bond donors (Lipinski definition) is 1. The highest BCUT2D eigenvalue weighted by atomic mass is 16.6. The largest absolute Gasteiger partial charge is 0.444 e. The summed E-state index contributed by atoms with van der Waals surface area (Å²) in [5, 5.41) is 3.17. The number of aromatic nitrogens is 3. The van der Waals surface area contributed by atoms with Gasteiger partial charge in [-0.1, -0.05) is 17.7 Å². The molecule has 1 aromatic carbocycles. The van der Waals surface area contributed by atoms with Gasteiger partial charge in [0, 0.05) is 6.20 Å². The zero-order valence-electron chi connectivity index (χ0n) is 16.7. The average Bonchev–Trinajstić information content (AvgIpc) is 2.61. The van der Waals surface area contributed by atoms with Crippen molar-refractivity contribution in [1.29, 1.82) is 0 Å². The molecule has 0 radical (unpaired) electrons. The monoisotopic (exact) mass is 380 g/mol. The highest BCUT2D eigenvalue weighted by Gasteiger charge is 2.23. The molecule has 1 atom stereocenters. The van der Waals surface area contributed by atoms with Crippen LogP contribution in [0.4, 0.5) is 4.79 Å². The first-order valence-electron chi connectivity index (χ1n) is 9.10. The van der Waals surface area contributed by atoms with E-state index in [9.17, 15) is 9.59 Å². The number of alkyl carbamates (subject to hydrolysis) is 1. The first kappa shape index (κ1) is 19.5. The number of fused-ring (bicyclic) bond motifs is 1. The molecule has 1 amide bonds. The molecule has 0 aliphatic heterocycles. The molecule has 7 heteroatoms. The summed E-state index contributed by atoms with van der Waals surface area (Å²) in [5.74, 6) is 0.380. The number of rotatable bonds is 3. The van der Waals surface area contributed by atoms with Crippen LogP contribution >= 0.6 is 0 Å². The van der Waals surface area contributed by atoms with Crippen molar-refractivity contribution in [2.75, 3.05) is 0 Å². The Hall–Kier alpha value is -3.22. The summed E-state index contributed by atoms with van der Waals surface area (Å²) in [7, 11) is 0. The highest BCUT2D eigenvalue weighted by Crippen LogP contribution is 2.18. The number of nitrogens with one attached hydrogen (secondary N) is 1. The summed E-state index contributed by atoms with van der Waals surface area (Å²) in [6.07, 6.45) is 1.01. The number of pyridine rings is 1. The van der Waals surface area contributed by atoms with Crippen molar-refractivity contribution < 1.29 is 9.53 Å². The summed E-state index contributed by atoms with van der Waals surface area (Å²) < 4.78 is 6.83. The summed E-state index contributed by atoms with van der Waals surface area (Å²) in [5.41, 5.74) is 1.22. The Kier molecular flexibility index (Phi) is 5.18. The number of hydrogen-bond acceptors (Lipinski definition) is 5. The average molecular weight is 380 g/mol. The fourth-order valence-corrected chi connectivity index (χ4v) is 2.82. The SMILES string of the molecule is Cc1ccc(-n2c(C(C)NC(=O)OC(C)(C)C)nc3ncccc3c2=O)cc1. The first-order chi connectivity index (χ1) is 13.2. The molecule has 1 N–H and O–H groups in total. The maximum atomic E-state index is 13.2. The third-order valence-electron chi connectivity index (χ3n) is 4.08. The zero-order valence-corrected chi connectivity index (χ0v) is 16.7. The van der Waals surface area contributed by atoms with Crippen molar-refractivity contribution in [3.63, 3.8) is 0 Å². The Balaban J connectivity index is 2.12. The van der Waals surface area contributed by atoms with E-state index in [2.05, 4.69) is 15.3 Å². The van der Waals surface area contributed by atoms with Gasteiger partial charge in [0.15, 0.2) is 5.65 Å². The second-order valence-electron chi connectivity index (χ2n) is 7.69. The summed E-state index contributed by atoms with van der Waals surface area (Å²) in [6.45, 7) is 9.10. The van der Waals surface area contributed by atoms with E-state index in [0.29, 0.717) is 22.5 Å². The molecule has 0 fully saturated rings. The molecule has 2 aromatic heterocycles. The molecule has 1 unspecified atom stereocenters. The molecule has 0 saturated carbocycles. The summed E-state index contributed by atoms with van der Waals surface area (Å²) in [4.78, 5) is 34.2. The molecule has 2 heterocycles. The van der Waals surface area contributed by atoms with Crippen LogP contribution in [-0.2, 0) is 4.74 Å². The van der Waals surface area contributed by atoms with Gasteiger partial charge >= 0.3 is 6.09 Å². The summed E-state index contributed by atoms with van der Waals surface area (Å²) in [6, 6.07) is 10.4.